The third-order valence-corrected chi connectivity index (χ3v) is 7.40. The number of nitrogens with one attached hydrogen (secondary N) is 1. The largest absolute Gasteiger partial charge is 0.379 e. The van der Waals surface area contributed by atoms with E-state index in [-0.39, 0.29) is 23.4 Å². The SMILES string of the molecule is CCn1c(CCC(=O)Nc2ccc(F)cc2F)nc2cc(S(=O)(=O)N3CCOCC3)ccc21. The molecule has 33 heavy (non-hydrogen) atoms. The van der Waals surface area contributed by atoms with E-state index in [1.165, 1.54) is 10.4 Å². The quantitative estimate of drug-likeness (QED) is 0.564. The average molecular weight is 479 g/mol. The van der Waals surface area contributed by atoms with Crippen LogP contribution in [0.1, 0.15) is 19.2 Å². The topological polar surface area (TPSA) is 93.5 Å². The van der Waals surface area contributed by atoms with E-state index in [0.29, 0.717) is 50.3 Å². The molecule has 2 heterocycles. The molecule has 1 aliphatic rings. The summed E-state index contributed by atoms with van der Waals surface area (Å²) < 4.78 is 61.3. The minimum atomic E-state index is -3.65. The van der Waals surface area contributed by atoms with E-state index in [4.69, 9.17) is 4.74 Å². The number of carbonyl (C=O) groups is 1. The molecule has 0 bridgehead atoms. The van der Waals surface area contributed by atoms with E-state index in [9.17, 15) is 22.0 Å². The zero-order valence-electron chi connectivity index (χ0n) is 18.1. The number of aromatic nitrogens is 2. The first kappa shape index (κ1) is 23.3. The van der Waals surface area contributed by atoms with E-state index in [1.54, 1.807) is 18.2 Å². The molecule has 3 aromatic rings. The summed E-state index contributed by atoms with van der Waals surface area (Å²) in [5, 5.41) is 2.43. The van der Waals surface area contributed by atoms with Crippen LogP contribution in [-0.4, -0.2) is 54.5 Å². The fourth-order valence-electron chi connectivity index (χ4n) is 3.83. The van der Waals surface area contributed by atoms with Gasteiger partial charge in [0.05, 0.1) is 34.8 Å². The number of fused-ring (bicyclic) bond motifs is 1. The molecule has 0 radical (unpaired) electrons. The lowest BCUT2D eigenvalue weighted by molar-refractivity contribution is -0.116. The zero-order valence-corrected chi connectivity index (χ0v) is 18.9. The number of halogens is 2. The van der Waals surface area contributed by atoms with Crippen molar-refractivity contribution in [1.29, 1.82) is 0 Å². The van der Waals surface area contributed by atoms with Crippen molar-refractivity contribution in [1.82, 2.24) is 13.9 Å². The van der Waals surface area contributed by atoms with Crippen LogP contribution in [0, 0.1) is 11.6 Å². The number of carbonyl (C=O) groups excluding carboxylic acids is 1. The summed E-state index contributed by atoms with van der Waals surface area (Å²) in [5.74, 6) is -1.40. The lowest BCUT2D eigenvalue weighted by Crippen LogP contribution is -2.40. The molecule has 11 heteroatoms. The number of nitrogens with zero attached hydrogens (tertiary/aromatic N) is 3. The summed E-state index contributed by atoms with van der Waals surface area (Å²) in [6, 6.07) is 7.77. The Morgan fingerprint density at radius 2 is 1.91 bits per heavy atom. The molecule has 1 saturated heterocycles. The number of morpholine rings is 1. The van der Waals surface area contributed by atoms with Crippen LogP contribution in [0.15, 0.2) is 41.3 Å². The molecule has 1 aromatic heterocycles. The smallest absolute Gasteiger partial charge is 0.243 e. The summed E-state index contributed by atoms with van der Waals surface area (Å²) >= 11 is 0. The number of hydrogen-bond acceptors (Lipinski definition) is 5. The summed E-state index contributed by atoms with van der Waals surface area (Å²) in [7, 11) is -3.65. The highest BCUT2D eigenvalue weighted by Crippen LogP contribution is 2.24. The van der Waals surface area contributed by atoms with Gasteiger partial charge in [-0.1, -0.05) is 0 Å². The Bertz CT molecular complexity index is 1290. The van der Waals surface area contributed by atoms with Crippen molar-refractivity contribution in [3.8, 4) is 0 Å². The maximum absolute atomic E-state index is 13.8. The van der Waals surface area contributed by atoms with Crippen LogP contribution < -0.4 is 5.32 Å². The first-order chi connectivity index (χ1) is 15.8. The Labute approximate surface area is 190 Å². The lowest BCUT2D eigenvalue weighted by atomic mass is 10.2. The van der Waals surface area contributed by atoms with Gasteiger partial charge in [-0.25, -0.2) is 22.2 Å². The number of hydrogen-bond donors (Lipinski definition) is 1. The number of anilines is 1. The first-order valence-electron chi connectivity index (χ1n) is 10.6. The molecule has 0 spiro atoms. The fourth-order valence-corrected chi connectivity index (χ4v) is 5.26. The maximum Gasteiger partial charge on any atom is 0.243 e. The molecule has 1 fully saturated rings. The maximum atomic E-state index is 13.8. The van der Waals surface area contributed by atoms with Gasteiger partial charge in [0, 0.05) is 38.5 Å². The molecule has 1 N–H and O–H groups in total. The molecule has 1 aliphatic heterocycles. The predicted octanol–water partition coefficient (Wildman–Crippen LogP) is 2.93. The number of sulfonamides is 1. The van der Waals surface area contributed by atoms with E-state index in [0.717, 1.165) is 11.6 Å². The van der Waals surface area contributed by atoms with Crippen LogP contribution in [-0.2, 0) is 32.5 Å². The second-order valence-corrected chi connectivity index (χ2v) is 9.55. The van der Waals surface area contributed by atoms with Crippen LogP contribution in [0.25, 0.3) is 11.0 Å². The van der Waals surface area contributed by atoms with Crippen molar-refractivity contribution in [3.63, 3.8) is 0 Å². The first-order valence-corrected chi connectivity index (χ1v) is 12.1. The van der Waals surface area contributed by atoms with Crippen molar-refractivity contribution < 1.29 is 26.7 Å². The second kappa shape index (κ2) is 9.54. The minimum absolute atomic E-state index is 0.0269. The molecule has 0 atom stereocenters. The molecule has 0 unspecified atom stereocenters. The monoisotopic (exact) mass is 478 g/mol. The van der Waals surface area contributed by atoms with E-state index < -0.39 is 27.6 Å². The number of amides is 1. The van der Waals surface area contributed by atoms with Gasteiger partial charge < -0.3 is 14.6 Å². The van der Waals surface area contributed by atoms with E-state index in [2.05, 4.69) is 10.3 Å². The number of imidazole rings is 1. The van der Waals surface area contributed by atoms with E-state index >= 15 is 0 Å². The normalized spacial score (nSPS) is 15.1. The van der Waals surface area contributed by atoms with Crippen LogP contribution in [0.2, 0.25) is 0 Å². The summed E-state index contributed by atoms with van der Waals surface area (Å²) in [5.41, 5.74) is 1.19. The van der Waals surface area contributed by atoms with Crippen molar-refractivity contribution in [2.75, 3.05) is 31.6 Å². The van der Waals surface area contributed by atoms with Gasteiger partial charge in [0.2, 0.25) is 15.9 Å². The van der Waals surface area contributed by atoms with Gasteiger partial charge in [0.1, 0.15) is 17.5 Å². The van der Waals surface area contributed by atoms with Crippen LogP contribution in [0.4, 0.5) is 14.5 Å². The van der Waals surface area contributed by atoms with Crippen LogP contribution >= 0.6 is 0 Å². The second-order valence-electron chi connectivity index (χ2n) is 7.61. The summed E-state index contributed by atoms with van der Waals surface area (Å²) in [6.07, 6.45) is 0.293. The van der Waals surface area contributed by atoms with Gasteiger partial charge >= 0.3 is 0 Å². The van der Waals surface area contributed by atoms with E-state index in [1.807, 2.05) is 11.5 Å². The van der Waals surface area contributed by atoms with Gasteiger partial charge in [0.25, 0.3) is 0 Å². The third-order valence-electron chi connectivity index (χ3n) is 5.50. The van der Waals surface area contributed by atoms with Gasteiger partial charge in [-0.15, -0.1) is 0 Å². The van der Waals surface area contributed by atoms with Gasteiger partial charge in [-0.2, -0.15) is 4.31 Å². The average Bonchev–Trinajstić information content (AvgIpc) is 3.17. The number of rotatable bonds is 7. The number of aryl methyl sites for hydroxylation is 2. The Morgan fingerprint density at radius 3 is 2.61 bits per heavy atom. The Kier molecular flexibility index (Phi) is 6.73. The number of ether oxygens (including phenoxy) is 1. The molecular weight excluding hydrogens is 454 g/mol. The zero-order chi connectivity index (χ0) is 23.6. The molecule has 0 aliphatic carbocycles. The van der Waals surface area contributed by atoms with Crippen LogP contribution in [0.5, 0.6) is 0 Å². The molecule has 176 valence electrons. The molecule has 1 amide bonds. The predicted molar refractivity (Wildman–Crippen MR) is 118 cm³/mol. The van der Waals surface area contributed by atoms with Crippen molar-refractivity contribution in [3.05, 3.63) is 53.9 Å². The Morgan fingerprint density at radius 1 is 1.15 bits per heavy atom. The van der Waals surface area contributed by atoms with Crippen molar-refractivity contribution in [2.24, 2.45) is 0 Å². The van der Waals surface area contributed by atoms with Crippen molar-refractivity contribution >= 4 is 32.7 Å². The van der Waals surface area contributed by atoms with Gasteiger partial charge in [-0.3, -0.25) is 4.79 Å². The Balaban J connectivity index is 1.52. The van der Waals surface area contributed by atoms with Crippen LogP contribution in [0.3, 0.4) is 0 Å². The molecule has 2 aromatic carbocycles. The minimum Gasteiger partial charge on any atom is -0.379 e. The van der Waals surface area contributed by atoms with Gasteiger partial charge in [0.15, 0.2) is 0 Å². The van der Waals surface area contributed by atoms with Crippen molar-refractivity contribution in [2.45, 2.75) is 31.2 Å². The highest BCUT2D eigenvalue weighted by Gasteiger charge is 2.27. The lowest BCUT2D eigenvalue weighted by Gasteiger charge is -2.26. The highest BCUT2D eigenvalue weighted by molar-refractivity contribution is 7.89. The number of benzene rings is 2. The highest BCUT2D eigenvalue weighted by atomic mass is 32.2. The summed E-state index contributed by atoms with van der Waals surface area (Å²) in [6.45, 7) is 3.84. The molecule has 8 nitrogen and oxygen atoms in total. The Hall–Kier alpha value is -2.89. The van der Waals surface area contributed by atoms with Gasteiger partial charge in [-0.05, 0) is 37.3 Å². The fraction of sp³-hybridized carbons (Fsp3) is 0.364. The third kappa shape index (κ3) is 4.90. The standard InChI is InChI=1S/C22H24F2N4O4S/c1-2-28-20-6-4-16(33(30,31)27-9-11-32-12-10-27)14-19(20)25-21(28)7-8-22(29)26-18-5-3-15(23)13-17(18)24/h3-6,13-14H,2,7-12H2,1H3,(H,26,29). The molecular formula is C22H24F2N4O4S. The molecule has 4 rings (SSSR count). The summed E-state index contributed by atoms with van der Waals surface area (Å²) in [4.78, 5) is 17.0. The molecule has 0 saturated carbocycles.